The monoisotopic (exact) mass is 285 g/mol. The maximum atomic E-state index is 12.2. The van der Waals surface area contributed by atoms with Crippen LogP contribution in [0.1, 0.15) is 40.2 Å². The first-order valence-corrected chi connectivity index (χ1v) is 7.23. The van der Waals surface area contributed by atoms with Gasteiger partial charge in [-0.1, -0.05) is 17.7 Å². The van der Waals surface area contributed by atoms with Crippen molar-refractivity contribution >= 4 is 17.0 Å². The first kappa shape index (κ1) is 15.4. The summed E-state index contributed by atoms with van der Waals surface area (Å²) >= 11 is 0. The molecule has 0 unspecified atom stereocenters. The Balaban J connectivity index is 2.29. The van der Waals surface area contributed by atoms with E-state index in [1.807, 2.05) is 32.9 Å². The largest absolute Gasteiger partial charge is 0.443 e. The van der Waals surface area contributed by atoms with Gasteiger partial charge < -0.3 is 4.74 Å². The highest BCUT2D eigenvalue weighted by atomic mass is 16.6. The van der Waals surface area contributed by atoms with Gasteiger partial charge in [-0.3, -0.25) is 4.57 Å². The molecular formula is C18H23NO2. The standard InChI is InChI=1S/C18H23NO2/c1-13(2)6-7-14-8-9-16-15(12-14)10-11-19(16)17(20)21-18(3,4)5/h6,8-12H,7H2,1-5H3. The quantitative estimate of drug-likeness (QED) is 0.732. The number of fused-ring (bicyclic) bond motifs is 1. The minimum absolute atomic E-state index is 0.338. The fourth-order valence-electron chi connectivity index (χ4n) is 2.11. The summed E-state index contributed by atoms with van der Waals surface area (Å²) in [4.78, 5) is 12.2. The number of allylic oxidation sites excluding steroid dienone is 2. The molecule has 3 heteroatoms. The average molecular weight is 285 g/mol. The van der Waals surface area contributed by atoms with Crippen LogP contribution >= 0.6 is 0 Å². The van der Waals surface area contributed by atoms with Gasteiger partial charge in [-0.25, -0.2) is 4.79 Å². The van der Waals surface area contributed by atoms with Crippen LogP contribution in [0.2, 0.25) is 0 Å². The van der Waals surface area contributed by atoms with E-state index in [1.165, 1.54) is 11.1 Å². The number of carbonyl (C=O) groups is 1. The van der Waals surface area contributed by atoms with Crippen molar-refractivity contribution < 1.29 is 9.53 Å². The third-order valence-corrected chi connectivity index (χ3v) is 3.09. The van der Waals surface area contributed by atoms with Crippen molar-refractivity contribution in [3.05, 3.63) is 47.7 Å². The van der Waals surface area contributed by atoms with Crippen LogP contribution < -0.4 is 0 Å². The Morgan fingerprint density at radius 1 is 1.24 bits per heavy atom. The Labute approximate surface area is 126 Å². The highest BCUT2D eigenvalue weighted by Gasteiger charge is 2.18. The van der Waals surface area contributed by atoms with Crippen molar-refractivity contribution in [1.82, 2.24) is 4.57 Å². The number of nitrogens with zero attached hydrogens (tertiary/aromatic N) is 1. The Hall–Kier alpha value is -2.03. The molecule has 1 aromatic heterocycles. The van der Waals surface area contributed by atoms with E-state index in [-0.39, 0.29) is 6.09 Å². The Kier molecular flexibility index (Phi) is 4.21. The number of benzene rings is 1. The minimum Gasteiger partial charge on any atom is -0.443 e. The molecule has 0 saturated carbocycles. The molecule has 0 N–H and O–H groups in total. The van der Waals surface area contributed by atoms with Crippen LogP contribution in [0.4, 0.5) is 4.79 Å². The Morgan fingerprint density at radius 3 is 2.57 bits per heavy atom. The van der Waals surface area contributed by atoms with E-state index in [0.717, 1.165) is 17.3 Å². The number of rotatable bonds is 2. The molecule has 21 heavy (non-hydrogen) atoms. The molecular weight excluding hydrogens is 262 g/mol. The molecule has 0 aliphatic rings. The van der Waals surface area contributed by atoms with Crippen molar-refractivity contribution in [2.24, 2.45) is 0 Å². The summed E-state index contributed by atoms with van der Waals surface area (Å²) in [5, 5.41) is 1.06. The van der Waals surface area contributed by atoms with Crippen LogP contribution in [-0.4, -0.2) is 16.3 Å². The molecule has 2 aromatic rings. The maximum absolute atomic E-state index is 12.2. The molecule has 0 fully saturated rings. The number of carbonyl (C=O) groups excluding carboxylic acids is 1. The molecule has 0 aliphatic heterocycles. The van der Waals surface area contributed by atoms with Crippen molar-refractivity contribution in [2.45, 2.75) is 46.6 Å². The first-order valence-electron chi connectivity index (χ1n) is 7.23. The van der Waals surface area contributed by atoms with Crippen LogP contribution in [-0.2, 0) is 11.2 Å². The van der Waals surface area contributed by atoms with Gasteiger partial charge in [0.25, 0.3) is 0 Å². The molecule has 3 nitrogen and oxygen atoms in total. The molecule has 0 bridgehead atoms. The lowest BCUT2D eigenvalue weighted by molar-refractivity contribution is 0.0544. The van der Waals surface area contributed by atoms with E-state index in [2.05, 4.69) is 32.1 Å². The highest BCUT2D eigenvalue weighted by Crippen LogP contribution is 2.20. The minimum atomic E-state index is -0.489. The summed E-state index contributed by atoms with van der Waals surface area (Å²) in [5.74, 6) is 0. The summed E-state index contributed by atoms with van der Waals surface area (Å²) in [6.45, 7) is 9.80. The van der Waals surface area contributed by atoms with Crippen molar-refractivity contribution in [3.63, 3.8) is 0 Å². The molecule has 1 heterocycles. The zero-order valence-corrected chi connectivity index (χ0v) is 13.4. The molecule has 2 rings (SSSR count). The summed E-state index contributed by atoms with van der Waals surface area (Å²) in [6, 6.07) is 8.11. The smallest absolute Gasteiger partial charge is 0.418 e. The van der Waals surface area contributed by atoms with Crippen LogP contribution in [0.15, 0.2) is 42.1 Å². The van der Waals surface area contributed by atoms with Gasteiger partial charge in [0.2, 0.25) is 0 Å². The lowest BCUT2D eigenvalue weighted by Gasteiger charge is -2.19. The molecule has 0 atom stereocenters. The van der Waals surface area contributed by atoms with Gasteiger partial charge in [0.05, 0.1) is 5.52 Å². The van der Waals surface area contributed by atoms with Crippen LogP contribution in [0.3, 0.4) is 0 Å². The van der Waals surface area contributed by atoms with Gasteiger partial charge in [0.1, 0.15) is 5.60 Å². The summed E-state index contributed by atoms with van der Waals surface area (Å²) in [5.41, 5.74) is 2.94. The molecule has 0 radical (unpaired) electrons. The predicted octanol–water partition coefficient (Wildman–Crippen LogP) is 4.93. The average Bonchev–Trinajstić information content (AvgIpc) is 2.77. The molecule has 112 valence electrons. The van der Waals surface area contributed by atoms with E-state index in [1.54, 1.807) is 10.8 Å². The summed E-state index contributed by atoms with van der Waals surface area (Å²) in [6.07, 6.45) is 4.54. The SMILES string of the molecule is CC(C)=CCc1ccc2c(ccn2C(=O)OC(C)(C)C)c1. The lowest BCUT2D eigenvalue weighted by atomic mass is 10.1. The van der Waals surface area contributed by atoms with Crippen LogP contribution in [0.25, 0.3) is 10.9 Å². The Bertz CT molecular complexity index is 683. The van der Waals surface area contributed by atoms with Gasteiger partial charge in [-0.05, 0) is 64.8 Å². The third-order valence-electron chi connectivity index (χ3n) is 3.09. The summed E-state index contributed by atoms with van der Waals surface area (Å²) in [7, 11) is 0. The number of ether oxygens (including phenoxy) is 1. The predicted molar refractivity (Wildman–Crippen MR) is 86.7 cm³/mol. The highest BCUT2D eigenvalue weighted by molar-refractivity contribution is 5.89. The topological polar surface area (TPSA) is 31.2 Å². The molecule has 0 amide bonds. The van der Waals surface area contributed by atoms with Crippen LogP contribution in [0, 0.1) is 0 Å². The molecule has 1 aromatic carbocycles. The second kappa shape index (κ2) is 5.76. The first-order chi connectivity index (χ1) is 9.76. The normalized spacial score (nSPS) is 11.5. The fourth-order valence-corrected chi connectivity index (χ4v) is 2.11. The second-order valence-electron chi connectivity index (χ2n) is 6.54. The van der Waals surface area contributed by atoms with Crippen molar-refractivity contribution in [3.8, 4) is 0 Å². The van der Waals surface area contributed by atoms with E-state index in [9.17, 15) is 4.79 Å². The molecule has 0 spiro atoms. The van der Waals surface area contributed by atoms with Gasteiger partial charge >= 0.3 is 6.09 Å². The van der Waals surface area contributed by atoms with E-state index in [0.29, 0.717) is 0 Å². The zero-order valence-electron chi connectivity index (χ0n) is 13.4. The van der Waals surface area contributed by atoms with Gasteiger partial charge in [0.15, 0.2) is 0 Å². The number of hydrogen-bond donors (Lipinski definition) is 0. The van der Waals surface area contributed by atoms with E-state index in [4.69, 9.17) is 4.74 Å². The third kappa shape index (κ3) is 3.97. The summed E-state index contributed by atoms with van der Waals surface area (Å²) < 4.78 is 6.97. The van der Waals surface area contributed by atoms with Gasteiger partial charge in [0, 0.05) is 11.6 Å². The maximum Gasteiger partial charge on any atom is 0.418 e. The van der Waals surface area contributed by atoms with E-state index >= 15 is 0 Å². The zero-order chi connectivity index (χ0) is 15.6. The van der Waals surface area contributed by atoms with Crippen molar-refractivity contribution in [2.75, 3.05) is 0 Å². The Morgan fingerprint density at radius 2 is 1.95 bits per heavy atom. The van der Waals surface area contributed by atoms with Crippen LogP contribution in [0.5, 0.6) is 0 Å². The lowest BCUT2D eigenvalue weighted by Crippen LogP contribution is -2.26. The van der Waals surface area contributed by atoms with Gasteiger partial charge in [-0.15, -0.1) is 0 Å². The molecule has 0 saturated heterocycles. The number of hydrogen-bond acceptors (Lipinski definition) is 2. The second-order valence-corrected chi connectivity index (χ2v) is 6.54. The molecule has 0 aliphatic carbocycles. The van der Waals surface area contributed by atoms with E-state index < -0.39 is 5.60 Å². The number of aromatic nitrogens is 1. The van der Waals surface area contributed by atoms with Gasteiger partial charge in [-0.2, -0.15) is 0 Å². The fraction of sp³-hybridized carbons (Fsp3) is 0.389. The van der Waals surface area contributed by atoms with Crippen molar-refractivity contribution in [1.29, 1.82) is 0 Å².